The van der Waals surface area contributed by atoms with Gasteiger partial charge in [0, 0.05) is 11.1 Å². The van der Waals surface area contributed by atoms with E-state index in [1.807, 2.05) is 0 Å². The first-order valence-corrected chi connectivity index (χ1v) is 2.70. The number of hydrogen-bond acceptors (Lipinski definition) is 2. The van der Waals surface area contributed by atoms with Gasteiger partial charge >= 0.3 is 5.97 Å². The Morgan fingerprint density at radius 2 is 2.33 bits per heavy atom. The zero-order chi connectivity index (χ0) is 7.28. The van der Waals surface area contributed by atoms with Gasteiger partial charge in [-0.3, -0.25) is 0 Å². The largest absolute Gasteiger partial charge is 0.432 e. The first kappa shape index (κ1) is 8.24. The Morgan fingerprint density at radius 1 is 1.78 bits per heavy atom. The summed E-state index contributed by atoms with van der Waals surface area (Å²) in [6, 6.07) is 0. The molecule has 50 valence electrons. The molecule has 0 saturated carbocycles. The van der Waals surface area contributed by atoms with E-state index in [-0.39, 0.29) is 0 Å². The minimum atomic E-state index is -0.502. The second-order valence-electron chi connectivity index (χ2n) is 1.33. The van der Waals surface area contributed by atoms with Crippen LogP contribution in [0.1, 0.15) is 6.92 Å². The zero-order valence-electron chi connectivity index (χ0n) is 5.06. The molecule has 0 spiro atoms. The molecule has 0 atom stereocenters. The van der Waals surface area contributed by atoms with Crippen LogP contribution >= 0.6 is 11.6 Å². The van der Waals surface area contributed by atoms with E-state index in [0.29, 0.717) is 5.03 Å². The van der Waals surface area contributed by atoms with Crippen LogP contribution < -0.4 is 0 Å². The highest BCUT2D eigenvalue weighted by molar-refractivity contribution is 6.30. The van der Waals surface area contributed by atoms with Crippen LogP contribution in [0.25, 0.3) is 0 Å². The van der Waals surface area contributed by atoms with E-state index in [1.165, 1.54) is 6.08 Å². The summed E-state index contributed by atoms with van der Waals surface area (Å²) >= 11 is 5.33. The Kier molecular flexibility index (Phi) is 3.80. The molecule has 0 rings (SSSR count). The van der Waals surface area contributed by atoms with Crippen molar-refractivity contribution in [3.05, 3.63) is 23.9 Å². The van der Waals surface area contributed by atoms with E-state index in [2.05, 4.69) is 11.3 Å². The SMILES string of the molecule is C=COC(=O)C=C(C)Cl. The van der Waals surface area contributed by atoms with Gasteiger partial charge in [0.15, 0.2) is 0 Å². The number of halogens is 1. The van der Waals surface area contributed by atoms with E-state index in [4.69, 9.17) is 11.6 Å². The van der Waals surface area contributed by atoms with Gasteiger partial charge in [-0.15, -0.1) is 0 Å². The normalized spacial score (nSPS) is 10.7. The molecule has 0 unspecified atom stereocenters. The maximum absolute atomic E-state index is 10.4. The lowest BCUT2D eigenvalue weighted by Crippen LogP contribution is -1.92. The van der Waals surface area contributed by atoms with Gasteiger partial charge in [0.2, 0.25) is 0 Å². The molecule has 0 aliphatic rings. The minimum absolute atomic E-state index is 0.391. The third-order valence-electron chi connectivity index (χ3n) is 0.516. The summed E-state index contributed by atoms with van der Waals surface area (Å²) in [5.74, 6) is -0.502. The standard InChI is InChI=1S/C6H7ClO2/c1-3-9-6(8)4-5(2)7/h3-4H,1H2,2H3. The van der Waals surface area contributed by atoms with Gasteiger partial charge in [-0.1, -0.05) is 18.2 Å². The molecule has 0 fully saturated rings. The van der Waals surface area contributed by atoms with Crippen molar-refractivity contribution in [2.75, 3.05) is 0 Å². The highest BCUT2D eigenvalue weighted by Gasteiger charge is 1.92. The molecule has 0 heterocycles. The molecule has 0 saturated heterocycles. The number of ether oxygens (including phenoxy) is 1. The molecular weight excluding hydrogens is 140 g/mol. The van der Waals surface area contributed by atoms with Crippen molar-refractivity contribution in [3.63, 3.8) is 0 Å². The number of esters is 1. The van der Waals surface area contributed by atoms with Crippen LogP contribution in [0.5, 0.6) is 0 Å². The Bertz CT molecular complexity index is 145. The molecule has 2 nitrogen and oxygen atoms in total. The van der Waals surface area contributed by atoms with E-state index in [0.717, 1.165) is 6.26 Å². The van der Waals surface area contributed by atoms with Crippen molar-refractivity contribution in [1.82, 2.24) is 0 Å². The van der Waals surface area contributed by atoms with E-state index >= 15 is 0 Å². The van der Waals surface area contributed by atoms with Gasteiger partial charge in [0.25, 0.3) is 0 Å². The maximum Gasteiger partial charge on any atom is 0.336 e. The summed E-state index contributed by atoms with van der Waals surface area (Å²) in [7, 11) is 0. The number of carbonyl (C=O) groups is 1. The van der Waals surface area contributed by atoms with Crippen LogP contribution in [-0.4, -0.2) is 5.97 Å². The van der Waals surface area contributed by atoms with Gasteiger partial charge in [-0.25, -0.2) is 4.79 Å². The van der Waals surface area contributed by atoms with Crippen LogP contribution in [0.4, 0.5) is 0 Å². The number of hydrogen-bond donors (Lipinski definition) is 0. The van der Waals surface area contributed by atoms with Crippen molar-refractivity contribution in [2.24, 2.45) is 0 Å². The lowest BCUT2D eigenvalue weighted by Gasteiger charge is -1.89. The van der Waals surface area contributed by atoms with Crippen molar-refractivity contribution < 1.29 is 9.53 Å². The Labute approximate surface area is 58.8 Å². The Balaban J connectivity index is 3.76. The van der Waals surface area contributed by atoms with Crippen molar-refractivity contribution in [3.8, 4) is 0 Å². The molecule has 0 N–H and O–H groups in total. The third kappa shape index (κ3) is 5.11. The summed E-state index contributed by atoms with van der Waals surface area (Å²) in [6.45, 7) is 4.78. The Morgan fingerprint density at radius 3 is 2.67 bits per heavy atom. The molecular formula is C6H7ClO2. The van der Waals surface area contributed by atoms with E-state index in [9.17, 15) is 4.79 Å². The number of rotatable bonds is 2. The monoisotopic (exact) mass is 146 g/mol. The first-order valence-electron chi connectivity index (χ1n) is 2.32. The highest BCUT2D eigenvalue weighted by Crippen LogP contribution is 1.97. The second kappa shape index (κ2) is 4.15. The van der Waals surface area contributed by atoms with Crippen molar-refractivity contribution in [2.45, 2.75) is 6.92 Å². The van der Waals surface area contributed by atoms with Gasteiger partial charge in [0.1, 0.15) is 0 Å². The predicted molar refractivity (Wildman–Crippen MR) is 35.9 cm³/mol. The lowest BCUT2D eigenvalue weighted by atomic mass is 10.5. The summed E-state index contributed by atoms with van der Waals surface area (Å²) in [6.07, 6.45) is 2.22. The van der Waals surface area contributed by atoms with Crippen molar-refractivity contribution >= 4 is 17.6 Å². The van der Waals surface area contributed by atoms with Gasteiger partial charge < -0.3 is 4.74 Å². The molecule has 0 aliphatic carbocycles. The average Bonchev–Trinajstić information content (AvgIpc) is 1.63. The fourth-order valence-corrected chi connectivity index (χ4v) is 0.368. The molecule has 3 heteroatoms. The molecule has 0 radical (unpaired) electrons. The van der Waals surface area contributed by atoms with Crippen LogP contribution in [-0.2, 0) is 9.53 Å². The molecule has 0 amide bonds. The van der Waals surface area contributed by atoms with Crippen LogP contribution in [0.15, 0.2) is 23.9 Å². The number of carbonyl (C=O) groups excluding carboxylic acids is 1. The predicted octanol–water partition coefficient (Wildman–Crippen LogP) is 1.82. The lowest BCUT2D eigenvalue weighted by molar-refractivity contribution is -0.132. The highest BCUT2D eigenvalue weighted by atomic mass is 35.5. The second-order valence-corrected chi connectivity index (χ2v) is 1.93. The molecule has 0 aromatic rings. The molecule has 9 heavy (non-hydrogen) atoms. The van der Waals surface area contributed by atoms with Gasteiger partial charge in [-0.2, -0.15) is 0 Å². The fourth-order valence-electron chi connectivity index (χ4n) is 0.279. The fraction of sp³-hybridized carbons (Fsp3) is 0.167. The average molecular weight is 147 g/mol. The summed E-state index contributed by atoms with van der Waals surface area (Å²) in [5, 5.41) is 0.391. The van der Waals surface area contributed by atoms with Crippen LogP contribution in [0.2, 0.25) is 0 Å². The topological polar surface area (TPSA) is 26.3 Å². The zero-order valence-corrected chi connectivity index (χ0v) is 5.81. The summed E-state index contributed by atoms with van der Waals surface area (Å²) < 4.78 is 4.32. The maximum atomic E-state index is 10.4. The number of allylic oxidation sites excluding steroid dienone is 1. The minimum Gasteiger partial charge on any atom is -0.432 e. The smallest absolute Gasteiger partial charge is 0.336 e. The van der Waals surface area contributed by atoms with Gasteiger partial charge in [0.05, 0.1) is 6.26 Å². The molecule has 0 aromatic heterocycles. The molecule has 0 aliphatic heterocycles. The molecule has 0 aromatic carbocycles. The van der Waals surface area contributed by atoms with Gasteiger partial charge in [-0.05, 0) is 6.92 Å². The van der Waals surface area contributed by atoms with E-state index in [1.54, 1.807) is 6.92 Å². The summed E-state index contributed by atoms with van der Waals surface area (Å²) in [4.78, 5) is 10.4. The molecule has 0 bridgehead atoms. The quantitative estimate of drug-likeness (QED) is 0.338. The van der Waals surface area contributed by atoms with E-state index < -0.39 is 5.97 Å². The van der Waals surface area contributed by atoms with Crippen molar-refractivity contribution in [1.29, 1.82) is 0 Å². The Hall–Kier alpha value is -0.760. The summed E-state index contributed by atoms with van der Waals surface area (Å²) in [5.41, 5.74) is 0. The third-order valence-corrected chi connectivity index (χ3v) is 0.625. The first-order chi connectivity index (χ1) is 4.16. The van der Waals surface area contributed by atoms with Crippen LogP contribution in [0.3, 0.4) is 0 Å². The van der Waals surface area contributed by atoms with Crippen LogP contribution in [0, 0.1) is 0 Å².